The third-order valence-electron chi connectivity index (χ3n) is 2.96. The second kappa shape index (κ2) is 5.77. The fourth-order valence-electron chi connectivity index (χ4n) is 2.04. The molecule has 0 aliphatic rings. The van der Waals surface area contributed by atoms with Crippen molar-refractivity contribution in [3.8, 4) is 0 Å². The van der Waals surface area contributed by atoms with Gasteiger partial charge in [-0.25, -0.2) is 0 Å². The van der Waals surface area contributed by atoms with Crippen molar-refractivity contribution in [1.29, 1.82) is 0 Å². The first-order valence-corrected chi connectivity index (χ1v) is 8.41. The smallest absolute Gasteiger partial charge is 0.0931 e. The van der Waals surface area contributed by atoms with E-state index in [-0.39, 0.29) is 10.8 Å². The van der Waals surface area contributed by atoms with Crippen LogP contribution in [0.25, 0.3) is 0 Å². The second-order valence-electron chi connectivity index (χ2n) is 5.47. The lowest BCUT2D eigenvalue weighted by Gasteiger charge is -2.24. The Bertz CT molecular complexity index is 565. The zero-order chi connectivity index (χ0) is 14.2. The first-order valence-electron chi connectivity index (χ1n) is 5.99. The largest absolute Gasteiger partial charge is 0.130 e. The van der Waals surface area contributed by atoms with Crippen molar-refractivity contribution >= 4 is 50.5 Å². The van der Waals surface area contributed by atoms with Crippen LogP contribution in [0.3, 0.4) is 0 Å². The highest BCUT2D eigenvalue weighted by Crippen LogP contribution is 2.42. The molecule has 102 valence electrons. The summed E-state index contributed by atoms with van der Waals surface area (Å²) in [5, 5.41) is 0.558. The number of rotatable bonds is 2. The van der Waals surface area contributed by atoms with E-state index in [1.165, 1.54) is 5.56 Å². The molecule has 0 bridgehead atoms. The van der Waals surface area contributed by atoms with E-state index in [4.69, 9.17) is 23.2 Å². The molecule has 4 heteroatoms. The Morgan fingerprint density at radius 1 is 1.21 bits per heavy atom. The lowest BCUT2D eigenvalue weighted by Crippen LogP contribution is -2.14. The van der Waals surface area contributed by atoms with Gasteiger partial charge in [0, 0.05) is 4.88 Å². The summed E-state index contributed by atoms with van der Waals surface area (Å²) in [7, 11) is 0. The fraction of sp³-hybridized carbons (Fsp3) is 0.333. The van der Waals surface area contributed by atoms with Gasteiger partial charge in [-0.2, -0.15) is 0 Å². The molecule has 0 spiro atoms. The van der Waals surface area contributed by atoms with E-state index in [9.17, 15) is 0 Å². The van der Waals surface area contributed by atoms with Gasteiger partial charge in [0.05, 0.1) is 14.2 Å². The Morgan fingerprint density at radius 3 is 2.37 bits per heavy atom. The van der Waals surface area contributed by atoms with Gasteiger partial charge in [-0.1, -0.05) is 56.6 Å². The molecule has 0 saturated carbocycles. The zero-order valence-corrected chi connectivity index (χ0v) is 14.9. The first-order chi connectivity index (χ1) is 8.80. The maximum atomic E-state index is 6.66. The predicted molar refractivity (Wildman–Crippen MR) is 89.9 cm³/mol. The van der Waals surface area contributed by atoms with Crippen LogP contribution in [0.4, 0.5) is 0 Å². The minimum Gasteiger partial charge on any atom is -0.130 e. The molecule has 0 nitrogen and oxygen atoms in total. The summed E-state index contributed by atoms with van der Waals surface area (Å²) in [6.45, 7) is 6.60. The quantitative estimate of drug-likeness (QED) is 0.505. The highest BCUT2D eigenvalue weighted by molar-refractivity contribution is 9.11. The molecule has 1 unspecified atom stereocenters. The summed E-state index contributed by atoms with van der Waals surface area (Å²) in [4.78, 5) is 1.07. The number of halogens is 3. The molecular formula is C15H15BrCl2S. The number of alkyl halides is 1. The van der Waals surface area contributed by atoms with Crippen LogP contribution in [0.15, 0.2) is 34.1 Å². The Hall–Kier alpha value is -0.0200. The molecule has 19 heavy (non-hydrogen) atoms. The molecular weight excluding hydrogens is 363 g/mol. The maximum absolute atomic E-state index is 6.66. The molecule has 1 heterocycles. The molecule has 2 rings (SSSR count). The fourth-order valence-corrected chi connectivity index (χ4v) is 4.17. The third-order valence-corrected chi connectivity index (χ3v) is 6.10. The molecule has 0 amide bonds. The Labute approximate surface area is 136 Å². The van der Waals surface area contributed by atoms with Crippen molar-refractivity contribution in [3.63, 3.8) is 0 Å². The molecule has 1 aromatic heterocycles. The number of hydrogen-bond acceptors (Lipinski definition) is 1. The van der Waals surface area contributed by atoms with Gasteiger partial charge < -0.3 is 0 Å². The van der Waals surface area contributed by atoms with E-state index in [0.717, 1.165) is 19.2 Å². The van der Waals surface area contributed by atoms with Crippen molar-refractivity contribution in [1.82, 2.24) is 0 Å². The Kier molecular flexibility index (Phi) is 4.67. The first kappa shape index (κ1) is 15.4. The van der Waals surface area contributed by atoms with Crippen LogP contribution >= 0.6 is 50.5 Å². The van der Waals surface area contributed by atoms with Gasteiger partial charge in [0.15, 0.2) is 0 Å². The summed E-state index contributed by atoms with van der Waals surface area (Å²) in [5.74, 6) is 0. The van der Waals surface area contributed by atoms with Crippen LogP contribution < -0.4 is 0 Å². The average molecular weight is 378 g/mol. The summed E-state index contributed by atoms with van der Waals surface area (Å²) in [5.41, 5.74) is 2.50. The highest BCUT2D eigenvalue weighted by Gasteiger charge is 2.23. The van der Waals surface area contributed by atoms with Crippen LogP contribution in [0, 0.1) is 0 Å². The summed E-state index contributed by atoms with van der Waals surface area (Å²) >= 11 is 17.8. The molecule has 1 aromatic carbocycles. The molecule has 0 saturated heterocycles. The molecule has 1 atom stereocenters. The molecule has 0 fully saturated rings. The summed E-state index contributed by atoms with van der Waals surface area (Å²) in [6.07, 6.45) is 0. The topological polar surface area (TPSA) is 0 Å². The molecule has 0 radical (unpaired) electrons. The molecule has 2 aromatic rings. The van der Waals surface area contributed by atoms with Gasteiger partial charge in [0.25, 0.3) is 0 Å². The predicted octanol–water partition coefficient (Wildman–Crippen LogP) is 6.79. The minimum absolute atomic E-state index is 0.0714. The lowest BCUT2D eigenvalue weighted by atomic mass is 9.83. The lowest BCUT2D eigenvalue weighted by molar-refractivity contribution is 0.583. The SMILES string of the molecule is CC(C)(C)c1ccccc1C(Cl)c1cc(Cl)c(Br)s1. The minimum atomic E-state index is -0.163. The van der Waals surface area contributed by atoms with E-state index in [1.54, 1.807) is 11.3 Å². The van der Waals surface area contributed by atoms with Crippen molar-refractivity contribution in [2.75, 3.05) is 0 Å². The average Bonchev–Trinajstić information content (AvgIpc) is 2.68. The van der Waals surface area contributed by atoms with Crippen LogP contribution in [-0.4, -0.2) is 0 Å². The van der Waals surface area contributed by atoms with E-state index in [1.807, 2.05) is 12.1 Å². The van der Waals surface area contributed by atoms with Gasteiger partial charge >= 0.3 is 0 Å². The summed E-state index contributed by atoms with van der Waals surface area (Å²) in [6, 6.07) is 10.3. The van der Waals surface area contributed by atoms with Crippen molar-refractivity contribution in [3.05, 3.63) is 55.1 Å². The number of benzene rings is 1. The standard InChI is InChI=1S/C15H15BrCl2S/c1-15(2,3)10-7-5-4-6-9(10)13(18)12-8-11(17)14(16)19-12/h4-8,13H,1-3H3. The van der Waals surface area contributed by atoms with Crippen molar-refractivity contribution in [2.24, 2.45) is 0 Å². The van der Waals surface area contributed by atoms with E-state index < -0.39 is 0 Å². The van der Waals surface area contributed by atoms with Crippen LogP contribution in [0.1, 0.15) is 42.2 Å². The maximum Gasteiger partial charge on any atom is 0.0931 e. The van der Waals surface area contributed by atoms with Crippen LogP contribution in [0.2, 0.25) is 5.02 Å². The molecule has 0 aliphatic heterocycles. The van der Waals surface area contributed by atoms with E-state index in [0.29, 0.717) is 0 Å². The monoisotopic (exact) mass is 376 g/mol. The van der Waals surface area contributed by atoms with Gasteiger partial charge in [-0.15, -0.1) is 22.9 Å². The van der Waals surface area contributed by atoms with Crippen LogP contribution in [-0.2, 0) is 5.41 Å². The van der Waals surface area contributed by atoms with Gasteiger partial charge in [-0.3, -0.25) is 0 Å². The number of thiophene rings is 1. The van der Waals surface area contributed by atoms with E-state index in [2.05, 4.69) is 54.9 Å². The van der Waals surface area contributed by atoms with Gasteiger partial charge in [0.2, 0.25) is 0 Å². The Morgan fingerprint density at radius 2 is 1.84 bits per heavy atom. The Balaban J connectivity index is 2.47. The van der Waals surface area contributed by atoms with Gasteiger partial charge in [0.1, 0.15) is 0 Å². The van der Waals surface area contributed by atoms with E-state index >= 15 is 0 Å². The van der Waals surface area contributed by atoms with Crippen molar-refractivity contribution in [2.45, 2.75) is 31.6 Å². The highest BCUT2D eigenvalue weighted by atomic mass is 79.9. The third kappa shape index (κ3) is 3.36. The molecule has 0 aliphatic carbocycles. The zero-order valence-electron chi connectivity index (χ0n) is 11.0. The molecule has 0 N–H and O–H groups in total. The normalized spacial score (nSPS) is 13.6. The second-order valence-corrected chi connectivity index (χ2v) is 8.72. The summed E-state index contributed by atoms with van der Waals surface area (Å²) < 4.78 is 0.933. The van der Waals surface area contributed by atoms with Gasteiger partial charge in [-0.05, 0) is 38.5 Å². The number of hydrogen-bond donors (Lipinski definition) is 0. The van der Waals surface area contributed by atoms with Crippen LogP contribution in [0.5, 0.6) is 0 Å². The van der Waals surface area contributed by atoms with Crippen molar-refractivity contribution < 1.29 is 0 Å².